The van der Waals surface area contributed by atoms with Crippen molar-refractivity contribution in [1.82, 2.24) is 0 Å². The zero-order valence-corrected chi connectivity index (χ0v) is 7.62. The Balaban J connectivity index is 2.81. The van der Waals surface area contributed by atoms with Crippen molar-refractivity contribution in [2.75, 3.05) is 6.61 Å². The minimum atomic E-state index is 0.178. The van der Waals surface area contributed by atoms with Crippen molar-refractivity contribution in [2.24, 2.45) is 0 Å². The summed E-state index contributed by atoms with van der Waals surface area (Å²) < 4.78 is 5.06. The number of ether oxygens (including phenoxy) is 1. The van der Waals surface area contributed by atoms with Gasteiger partial charge in [0.15, 0.2) is 0 Å². The molecule has 0 aromatic heterocycles. The van der Waals surface area contributed by atoms with Gasteiger partial charge in [0, 0.05) is 11.1 Å². The molecule has 0 aliphatic rings. The molecular weight excluding hydrogens is 195 g/mol. The van der Waals surface area contributed by atoms with Crippen LogP contribution in [-0.4, -0.2) is 6.61 Å². The third-order valence-corrected chi connectivity index (χ3v) is 1.62. The summed E-state index contributed by atoms with van der Waals surface area (Å²) in [6.07, 6.45) is 5.00. The molecule has 0 amide bonds. The monoisotopic (exact) mass is 199 g/mol. The highest BCUT2D eigenvalue weighted by Gasteiger charge is 2.00. The van der Waals surface area contributed by atoms with E-state index in [1.807, 2.05) is 0 Å². The first-order valence-corrected chi connectivity index (χ1v) is 3.92. The van der Waals surface area contributed by atoms with Crippen LogP contribution in [0.5, 0.6) is 5.75 Å². The first kappa shape index (κ1) is 9.25. The van der Waals surface area contributed by atoms with Gasteiger partial charge in [-0.05, 0) is 12.1 Å². The molecular formula is C9H5Cl2O. The fourth-order valence-corrected chi connectivity index (χ4v) is 1.10. The summed E-state index contributed by atoms with van der Waals surface area (Å²) >= 11 is 11.4. The van der Waals surface area contributed by atoms with Crippen LogP contribution in [0.1, 0.15) is 0 Å². The molecule has 3 heteroatoms. The standard InChI is InChI=1S/C9H5Cl2O/c1-2-5-12-9-4-3-7(10)6-8(9)11/h1,3,6H,5H2. The molecule has 0 spiro atoms. The van der Waals surface area contributed by atoms with E-state index in [1.165, 1.54) is 0 Å². The molecule has 0 N–H and O–H groups in total. The van der Waals surface area contributed by atoms with E-state index in [2.05, 4.69) is 12.0 Å². The quantitative estimate of drug-likeness (QED) is 0.667. The maximum atomic E-state index is 5.76. The van der Waals surface area contributed by atoms with Crippen molar-refractivity contribution in [2.45, 2.75) is 0 Å². The second-order valence-electron chi connectivity index (χ2n) is 1.99. The van der Waals surface area contributed by atoms with Crippen molar-refractivity contribution >= 4 is 23.2 Å². The lowest BCUT2D eigenvalue weighted by Gasteiger charge is -2.03. The van der Waals surface area contributed by atoms with Crippen LogP contribution in [0.3, 0.4) is 0 Å². The molecule has 0 aliphatic carbocycles. The molecule has 0 unspecified atom stereocenters. The molecule has 0 saturated carbocycles. The van der Waals surface area contributed by atoms with Crippen LogP contribution in [0.2, 0.25) is 10.0 Å². The van der Waals surface area contributed by atoms with Crippen molar-refractivity contribution in [3.63, 3.8) is 0 Å². The van der Waals surface area contributed by atoms with E-state index in [9.17, 15) is 0 Å². The normalized spacial score (nSPS) is 9.08. The third kappa shape index (κ3) is 2.34. The molecule has 0 fully saturated rings. The Hall–Kier alpha value is -0.840. The summed E-state index contributed by atoms with van der Waals surface area (Å²) in [5.41, 5.74) is 0. The van der Waals surface area contributed by atoms with Gasteiger partial charge in [0.25, 0.3) is 0 Å². The van der Waals surface area contributed by atoms with Gasteiger partial charge >= 0.3 is 0 Å². The number of rotatable bonds is 2. The molecule has 1 radical (unpaired) electrons. The molecule has 1 aromatic carbocycles. The van der Waals surface area contributed by atoms with Crippen LogP contribution in [0.25, 0.3) is 0 Å². The second kappa shape index (κ2) is 4.25. The highest BCUT2D eigenvalue weighted by Crippen LogP contribution is 2.26. The van der Waals surface area contributed by atoms with Gasteiger partial charge < -0.3 is 4.74 Å². The summed E-state index contributed by atoms with van der Waals surface area (Å²) in [6.45, 7) is 0.178. The summed E-state index contributed by atoms with van der Waals surface area (Å²) in [5, 5.41) is 0.936. The lowest BCUT2D eigenvalue weighted by molar-refractivity contribution is 0.370. The Labute approximate surface area is 81.2 Å². The number of hydrogen-bond donors (Lipinski definition) is 0. The van der Waals surface area contributed by atoms with Crippen LogP contribution in [0.4, 0.5) is 0 Å². The summed E-state index contributed by atoms with van der Waals surface area (Å²) in [6, 6.07) is 5.90. The minimum Gasteiger partial charge on any atom is -0.479 e. The highest BCUT2D eigenvalue weighted by atomic mass is 35.5. The first-order valence-electron chi connectivity index (χ1n) is 3.17. The second-order valence-corrected chi connectivity index (χ2v) is 2.83. The zero-order valence-electron chi connectivity index (χ0n) is 6.10. The number of benzene rings is 1. The van der Waals surface area contributed by atoms with E-state index in [1.54, 1.807) is 12.1 Å². The van der Waals surface area contributed by atoms with Crippen LogP contribution in [0.15, 0.2) is 12.1 Å². The minimum absolute atomic E-state index is 0.178. The highest BCUT2D eigenvalue weighted by molar-refractivity contribution is 6.35. The molecule has 0 heterocycles. The van der Waals surface area contributed by atoms with E-state index in [0.29, 0.717) is 15.8 Å². The van der Waals surface area contributed by atoms with Gasteiger partial charge in [0.05, 0.1) is 5.02 Å². The number of hydrogen-bond acceptors (Lipinski definition) is 1. The fourth-order valence-electron chi connectivity index (χ4n) is 0.656. The van der Waals surface area contributed by atoms with Gasteiger partial charge in [-0.15, -0.1) is 6.42 Å². The molecule has 0 bridgehead atoms. The molecule has 1 aromatic rings. The number of terminal acetylenes is 1. The molecule has 0 atom stereocenters. The average molecular weight is 200 g/mol. The van der Waals surface area contributed by atoms with Gasteiger partial charge in [0.1, 0.15) is 12.4 Å². The maximum Gasteiger partial charge on any atom is 0.148 e. The smallest absolute Gasteiger partial charge is 0.148 e. The van der Waals surface area contributed by atoms with Gasteiger partial charge in [0.2, 0.25) is 0 Å². The Morgan fingerprint density at radius 3 is 2.92 bits per heavy atom. The lowest BCUT2D eigenvalue weighted by Crippen LogP contribution is -1.93. The molecule has 1 nitrogen and oxygen atoms in total. The summed E-state index contributed by atoms with van der Waals surface area (Å²) in [4.78, 5) is 0. The van der Waals surface area contributed by atoms with Crippen LogP contribution in [-0.2, 0) is 0 Å². The van der Waals surface area contributed by atoms with Crippen molar-refractivity contribution in [1.29, 1.82) is 0 Å². The topological polar surface area (TPSA) is 9.23 Å². The van der Waals surface area contributed by atoms with E-state index in [-0.39, 0.29) is 6.61 Å². The Morgan fingerprint density at radius 1 is 1.58 bits per heavy atom. The van der Waals surface area contributed by atoms with Crippen molar-refractivity contribution < 1.29 is 4.74 Å². The molecule has 0 aliphatic heterocycles. The van der Waals surface area contributed by atoms with Crippen LogP contribution < -0.4 is 4.74 Å². The molecule has 1 rings (SSSR count). The van der Waals surface area contributed by atoms with E-state index < -0.39 is 0 Å². The Morgan fingerprint density at radius 2 is 2.33 bits per heavy atom. The zero-order chi connectivity index (χ0) is 8.97. The largest absolute Gasteiger partial charge is 0.479 e. The van der Waals surface area contributed by atoms with E-state index >= 15 is 0 Å². The van der Waals surface area contributed by atoms with Crippen molar-refractivity contribution in [3.8, 4) is 18.1 Å². The molecule has 12 heavy (non-hydrogen) atoms. The lowest BCUT2D eigenvalue weighted by atomic mass is 10.3. The Bertz CT molecular complexity index is 315. The van der Waals surface area contributed by atoms with Crippen molar-refractivity contribution in [3.05, 3.63) is 28.2 Å². The van der Waals surface area contributed by atoms with Gasteiger partial charge in [-0.25, -0.2) is 0 Å². The van der Waals surface area contributed by atoms with Gasteiger partial charge in [-0.2, -0.15) is 0 Å². The predicted octanol–water partition coefficient (Wildman–Crippen LogP) is 2.81. The molecule has 0 saturated heterocycles. The van der Waals surface area contributed by atoms with Gasteiger partial charge in [-0.1, -0.05) is 29.1 Å². The fraction of sp³-hybridized carbons (Fsp3) is 0.111. The SMILES string of the molecule is C#CCOc1[c]cc(Cl)cc1Cl. The third-order valence-electron chi connectivity index (χ3n) is 1.12. The van der Waals surface area contributed by atoms with E-state index in [0.717, 1.165) is 0 Å². The summed E-state index contributed by atoms with van der Waals surface area (Å²) in [7, 11) is 0. The van der Waals surface area contributed by atoms with Crippen LogP contribution >= 0.6 is 23.2 Å². The predicted molar refractivity (Wildman–Crippen MR) is 49.6 cm³/mol. The molecule has 61 valence electrons. The first-order chi connectivity index (χ1) is 5.74. The summed E-state index contributed by atoms with van der Waals surface area (Å²) in [5.74, 6) is 2.75. The number of halogens is 2. The van der Waals surface area contributed by atoms with Crippen LogP contribution in [0, 0.1) is 18.4 Å². The maximum absolute atomic E-state index is 5.76. The van der Waals surface area contributed by atoms with Gasteiger partial charge in [-0.3, -0.25) is 0 Å². The Kier molecular flexibility index (Phi) is 3.28. The van der Waals surface area contributed by atoms with E-state index in [4.69, 9.17) is 34.4 Å². The average Bonchev–Trinajstić information content (AvgIpc) is 2.03.